The van der Waals surface area contributed by atoms with E-state index in [9.17, 15) is 9.59 Å². The van der Waals surface area contributed by atoms with Gasteiger partial charge in [-0.2, -0.15) is 10.5 Å². The highest BCUT2D eigenvalue weighted by atomic mass is 16.6. The lowest BCUT2D eigenvalue weighted by molar-refractivity contribution is -0.139. The van der Waals surface area contributed by atoms with E-state index >= 15 is 0 Å². The van der Waals surface area contributed by atoms with Crippen molar-refractivity contribution in [3.05, 3.63) is 0 Å². The van der Waals surface area contributed by atoms with E-state index in [0.717, 1.165) is 0 Å². The third kappa shape index (κ3) is 6.33. The number of amides is 1. The fraction of sp³-hybridized carbons (Fsp3) is 0.636. The van der Waals surface area contributed by atoms with Crippen LogP contribution in [0.3, 0.4) is 0 Å². The second kappa shape index (κ2) is 6.45. The van der Waals surface area contributed by atoms with Crippen molar-refractivity contribution >= 4 is 12.1 Å². The molecule has 98 valence electrons. The average Bonchev–Trinajstić information content (AvgIpc) is 2.21. The molecule has 0 radical (unpaired) electrons. The van der Waals surface area contributed by atoms with Crippen LogP contribution in [-0.4, -0.2) is 28.8 Å². The number of carboxylic acids is 1. The first kappa shape index (κ1) is 15.7. The Morgan fingerprint density at radius 2 is 1.83 bits per heavy atom. The molecule has 0 aromatic carbocycles. The van der Waals surface area contributed by atoms with Crippen LogP contribution >= 0.6 is 0 Å². The van der Waals surface area contributed by atoms with Crippen LogP contribution in [0.25, 0.3) is 0 Å². The Balaban J connectivity index is 4.57. The highest BCUT2D eigenvalue weighted by molar-refractivity contribution is 5.80. The van der Waals surface area contributed by atoms with E-state index in [2.05, 4.69) is 5.32 Å². The molecule has 7 nitrogen and oxygen atoms in total. The van der Waals surface area contributed by atoms with Gasteiger partial charge in [0.2, 0.25) is 0 Å². The van der Waals surface area contributed by atoms with Crippen LogP contribution < -0.4 is 5.32 Å². The number of hydrogen-bond donors (Lipinski definition) is 2. The first-order valence-corrected chi connectivity index (χ1v) is 5.21. The number of aliphatic carboxylic acids is 1. The third-order valence-electron chi connectivity index (χ3n) is 1.77. The fourth-order valence-corrected chi connectivity index (χ4v) is 1.04. The number of alkyl carbamates (subject to hydrolysis) is 1. The van der Waals surface area contributed by atoms with Gasteiger partial charge in [-0.1, -0.05) is 0 Å². The smallest absolute Gasteiger partial charge is 0.408 e. The minimum atomic E-state index is -1.33. The highest BCUT2D eigenvalue weighted by Crippen LogP contribution is 2.09. The number of carbonyl (C=O) groups is 2. The maximum Gasteiger partial charge on any atom is 0.408 e. The van der Waals surface area contributed by atoms with E-state index in [1.165, 1.54) is 0 Å². The van der Waals surface area contributed by atoms with E-state index < -0.39 is 29.6 Å². The maximum absolute atomic E-state index is 11.4. The molecule has 0 aromatic rings. The van der Waals surface area contributed by atoms with Gasteiger partial charge in [0.05, 0.1) is 12.1 Å². The summed E-state index contributed by atoms with van der Waals surface area (Å²) in [6, 6.07) is 1.95. The summed E-state index contributed by atoms with van der Waals surface area (Å²) in [5, 5.41) is 28.1. The summed E-state index contributed by atoms with van der Waals surface area (Å²) in [6.07, 6.45) is -1.19. The Bertz CT molecular complexity index is 386. The Morgan fingerprint density at radius 1 is 1.33 bits per heavy atom. The molecule has 0 rings (SSSR count). The van der Waals surface area contributed by atoms with Gasteiger partial charge in [0.1, 0.15) is 17.6 Å². The Kier molecular flexibility index (Phi) is 5.64. The number of hydrogen-bond acceptors (Lipinski definition) is 5. The first-order chi connectivity index (χ1) is 8.19. The van der Waals surface area contributed by atoms with Gasteiger partial charge in [-0.25, -0.2) is 9.59 Å². The topological polar surface area (TPSA) is 123 Å². The van der Waals surface area contributed by atoms with E-state index in [4.69, 9.17) is 20.4 Å². The van der Waals surface area contributed by atoms with Gasteiger partial charge in [0.25, 0.3) is 0 Å². The van der Waals surface area contributed by atoms with Crippen LogP contribution in [0.15, 0.2) is 0 Å². The van der Waals surface area contributed by atoms with Gasteiger partial charge >= 0.3 is 12.1 Å². The molecule has 7 heteroatoms. The summed E-state index contributed by atoms with van der Waals surface area (Å²) in [5.74, 6) is -2.42. The van der Waals surface area contributed by atoms with Crippen LogP contribution in [0.5, 0.6) is 0 Å². The van der Waals surface area contributed by atoms with Crippen LogP contribution in [0.4, 0.5) is 4.79 Å². The minimum absolute atomic E-state index is 0.290. The third-order valence-corrected chi connectivity index (χ3v) is 1.77. The van der Waals surface area contributed by atoms with Gasteiger partial charge in [-0.3, -0.25) is 0 Å². The predicted octanol–water partition coefficient (Wildman–Crippen LogP) is 1.02. The summed E-state index contributed by atoms with van der Waals surface area (Å²) in [4.78, 5) is 22.2. The number of carboxylic acid groups (broad SMARTS) is 1. The van der Waals surface area contributed by atoms with Crippen LogP contribution in [0.2, 0.25) is 0 Å². The molecule has 0 spiro atoms. The molecule has 0 bridgehead atoms. The first-order valence-electron chi connectivity index (χ1n) is 5.21. The molecule has 1 amide bonds. The van der Waals surface area contributed by atoms with Crippen LogP contribution in [0.1, 0.15) is 27.2 Å². The zero-order chi connectivity index (χ0) is 14.3. The van der Waals surface area contributed by atoms with Crippen molar-refractivity contribution < 1.29 is 19.4 Å². The van der Waals surface area contributed by atoms with E-state index in [1.54, 1.807) is 32.9 Å². The zero-order valence-electron chi connectivity index (χ0n) is 10.4. The molecule has 18 heavy (non-hydrogen) atoms. The van der Waals surface area contributed by atoms with Crippen molar-refractivity contribution in [1.29, 1.82) is 10.5 Å². The summed E-state index contributed by atoms with van der Waals surface area (Å²) >= 11 is 0. The maximum atomic E-state index is 11.4. The number of carbonyl (C=O) groups excluding carboxylic acids is 1. The lowest BCUT2D eigenvalue weighted by atomic mass is 10.0. The van der Waals surface area contributed by atoms with Gasteiger partial charge in [0.15, 0.2) is 0 Å². The summed E-state index contributed by atoms with van der Waals surface area (Å²) in [6.45, 7) is 4.90. The number of nitrogens with zero attached hydrogens (tertiary/aromatic N) is 2. The van der Waals surface area contributed by atoms with Gasteiger partial charge in [0, 0.05) is 6.42 Å². The molecule has 0 heterocycles. The predicted molar refractivity (Wildman–Crippen MR) is 60.1 cm³/mol. The monoisotopic (exact) mass is 253 g/mol. The quantitative estimate of drug-likeness (QED) is 0.770. The van der Waals surface area contributed by atoms with Crippen molar-refractivity contribution in [3.8, 4) is 12.1 Å². The summed E-state index contributed by atoms with van der Waals surface area (Å²) in [5.41, 5.74) is -0.753. The molecular formula is C11H15N3O4. The van der Waals surface area contributed by atoms with Gasteiger partial charge < -0.3 is 15.2 Å². The molecule has 0 unspecified atom stereocenters. The van der Waals surface area contributed by atoms with Gasteiger partial charge in [-0.15, -0.1) is 0 Å². The van der Waals surface area contributed by atoms with Crippen molar-refractivity contribution in [2.75, 3.05) is 0 Å². The molecule has 2 N–H and O–H groups in total. The van der Waals surface area contributed by atoms with E-state index in [1.807, 2.05) is 0 Å². The second-order valence-electron chi connectivity index (χ2n) is 4.58. The fourth-order valence-electron chi connectivity index (χ4n) is 1.04. The Hall–Kier alpha value is -2.28. The number of rotatable bonds is 4. The highest BCUT2D eigenvalue weighted by Gasteiger charge is 2.26. The molecule has 1 atom stereocenters. The normalized spacial score (nSPS) is 12.1. The molecular weight excluding hydrogens is 238 g/mol. The van der Waals surface area contributed by atoms with Crippen molar-refractivity contribution in [2.24, 2.45) is 5.92 Å². The van der Waals surface area contributed by atoms with E-state index in [-0.39, 0.29) is 6.42 Å². The second-order valence-corrected chi connectivity index (χ2v) is 4.58. The zero-order valence-corrected chi connectivity index (χ0v) is 10.4. The largest absolute Gasteiger partial charge is 0.480 e. The van der Waals surface area contributed by atoms with Crippen molar-refractivity contribution in [1.82, 2.24) is 5.32 Å². The molecule has 0 saturated heterocycles. The lowest BCUT2D eigenvalue weighted by Crippen LogP contribution is -2.44. The minimum Gasteiger partial charge on any atom is -0.480 e. The molecule has 0 aliphatic carbocycles. The number of ether oxygens (including phenoxy) is 1. The summed E-state index contributed by atoms with van der Waals surface area (Å²) in [7, 11) is 0. The molecule has 0 fully saturated rings. The number of nitriles is 2. The summed E-state index contributed by atoms with van der Waals surface area (Å²) < 4.78 is 4.89. The SMILES string of the molecule is CC(C)(C)OC(=O)N[C@H](CC(C#N)C#N)C(=O)O. The molecule has 0 aliphatic heterocycles. The van der Waals surface area contributed by atoms with Crippen molar-refractivity contribution in [2.45, 2.75) is 38.8 Å². The van der Waals surface area contributed by atoms with Crippen LogP contribution in [-0.2, 0) is 9.53 Å². The van der Waals surface area contributed by atoms with Gasteiger partial charge in [-0.05, 0) is 20.8 Å². The molecule has 0 aliphatic rings. The van der Waals surface area contributed by atoms with Crippen LogP contribution in [0, 0.1) is 28.6 Å². The Labute approximate surface area is 105 Å². The molecule has 0 saturated carbocycles. The Morgan fingerprint density at radius 3 is 2.17 bits per heavy atom. The number of nitrogens with one attached hydrogen (secondary N) is 1. The van der Waals surface area contributed by atoms with Crippen molar-refractivity contribution in [3.63, 3.8) is 0 Å². The van der Waals surface area contributed by atoms with E-state index in [0.29, 0.717) is 0 Å². The average molecular weight is 253 g/mol. The molecule has 0 aromatic heterocycles. The lowest BCUT2D eigenvalue weighted by Gasteiger charge is -2.22. The standard InChI is InChI=1S/C11H15N3O4/c1-11(2,3)18-10(17)14-8(9(15)16)4-7(5-12)6-13/h7-8H,4H2,1-3H3,(H,14,17)(H,15,16)/t8-/m1/s1.